The van der Waals surface area contributed by atoms with Crippen LogP contribution in [0.15, 0.2) is 0 Å². The Labute approximate surface area is 83.5 Å². The van der Waals surface area contributed by atoms with E-state index in [2.05, 4.69) is 0 Å². The van der Waals surface area contributed by atoms with E-state index in [4.69, 9.17) is 15.3 Å². The van der Waals surface area contributed by atoms with Gasteiger partial charge in [0.2, 0.25) is 5.91 Å². The highest BCUT2D eigenvalue weighted by molar-refractivity contribution is 5.78. The van der Waals surface area contributed by atoms with Gasteiger partial charge in [-0.05, 0) is 0 Å². The van der Waals surface area contributed by atoms with E-state index in [1.54, 1.807) is 6.07 Å². The number of hydrogen-bond acceptors (Lipinski definition) is 4. The molecule has 14 heavy (non-hydrogen) atoms. The molecule has 0 spiro atoms. The van der Waals surface area contributed by atoms with Crippen molar-refractivity contribution in [1.29, 1.82) is 10.5 Å². The van der Waals surface area contributed by atoms with E-state index < -0.39 is 0 Å². The van der Waals surface area contributed by atoms with Crippen molar-refractivity contribution < 1.29 is 9.53 Å². The number of amides is 1. The van der Waals surface area contributed by atoms with Crippen LogP contribution in [-0.4, -0.2) is 37.6 Å². The molecule has 1 amide bonds. The van der Waals surface area contributed by atoms with Crippen LogP contribution >= 0.6 is 0 Å². The third-order valence-electron chi connectivity index (χ3n) is 1.64. The summed E-state index contributed by atoms with van der Waals surface area (Å²) in [4.78, 5) is 12.8. The van der Waals surface area contributed by atoms with Crippen LogP contribution in [-0.2, 0) is 9.53 Å². The summed E-state index contributed by atoms with van der Waals surface area (Å²) in [6, 6.07) is 3.74. The second-order valence-electron chi connectivity index (χ2n) is 2.62. The van der Waals surface area contributed by atoms with Crippen LogP contribution in [0.3, 0.4) is 0 Å². The maximum absolute atomic E-state index is 11.3. The molecular formula is C9H13N3O2. The quantitative estimate of drug-likeness (QED) is 0.610. The number of nitriles is 2. The predicted molar refractivity (Wildman–Crippen MR) is 48.9 cm³/mol. The number of methoxy groups -OCH3 is 1. The van der Waals surface area contributed by atoms with Gasteiger partial charge < -0.3 is 9.64 Å². The van der Waals surface area contributed by atoms with Gasteiger partial charge in [0.1, 0.15) is 6.42 Å². The van der Waals surface area contributed by atoms with Gasteiger partial charge in [0, 0.05) is 20.2 Å². The van der Waals surface area contributed by atoms with E-state index in [1.165, 1.54) is 12.0 Å². The minimum absolute atomic E-state index is 0.144. The average Bonchev–Trinajstić information content (AvgIpc) is 2.18. The van der Waals surface area contributed by atoms with Gasteiger partial charge >= 0.3 is 0 Å². The first-order chi connectivity index (χ1) is 6.76. The number of carbonyl (C=O) groups excluding carboxylic acids is 1. The van der Waals surface area contributed by atoms with Crippen molar-refractivity contribution in [3.05, 3.63) is 0 Å². The van der Waals surface area contributed by atoms with Crippen LogP contribution in [0.4, 0.5) is 0 Å². The first kappa shape index (κ1) is 12.4. The average molecular weight is 195 g/mol. The molecule has 0 saturated heterocycles. The Bertz CT molecular complexity index is 252. The highest BCUT2D eigenvalue weighted by atomic mass is 16.5. The number of rotatable bonds is 6. The summed E-state index contributed by atoms with van der Waals surface area (Å²) in [5, 5.41) is 16.7. The van der Waals surface area contributed by atoms with Gasteiger partial charge in [-0.25, -0.2) is 0 Å². The van der Waals surface area contributed by atoms with Crippen molar-refractivity contribution in [2.45, 2.75) is 12.8 Å². The highest BCUT2D eigenvalue weighted by Crippen LogP contribution is 1.95. The molecular weight excluding hydrogens is 182 g/mol. The molecule has 0 rings (SSSR count). The number of ether oxygens (including phenoxy) is 1. The van der Waals surface area contributed by atoms with Crippen molar-refractivity contribution in [2.75, 3.05) is 26.8 Å². The molecule has 0 atom stereocenters. The van der Waals surface area contributed by atoms with Crippen molar-refractivity contribution in [3.63, 3.8) is 0 Å². The number of carbonyl (C=O) groups is 1. The highest BCUT2D eigenvalue weighted by Gasteiger charge is 2.11. The Kier molecular flexibility index (Phi) is 7.12. The first-order valence-electron chi connectivity index (χ1n) is 4.26. The van der Waals surface area contributed by atoms with Gasteiger partial charge in [-0.2, -0.15) is 10.5 Å². The summed E-state index contributed by atoms with van der Waals surface area (Å²) in [6.07, 6.45) is 0.135. The van der Waals surface area contributed by atoms with Crippen molar-refractivity contribution >= 4 is 5.91 Å². The number of nitrogens with zero attached hydrogens (tertiary/aromatic N) is 3. The lowest BCUT2D eigenvalue weighted by molar-refractivity contribution is -0.130. The molecule has 5 nitrogen and oxygen atoms in total. The van der Waals surface area contributed by atoms with Crippen LogP contribution in [0.1, 0.15) is 12.8 Å². The summed E-state index contributed by atoms with van der Waals surface area (Å²) in [5.74, 6) is -0.250. The van der Waals surface area contributed by atoms with Crippen LogP contribution in [0.2, 0.25) is 0 Å². The fourth-order valence-electron chi connectivity index (χ4n) is 0.927. The standard InChI is InChI=1S/C9H13N3O2/c1-14-8-7-12(6-2-4-10)9(13)3-5-11/h2-3,6-8H2,1H3. The van der Waals surface area contributed by atoms with Gasteiger partial charge in [0.05, 0.1) is 25.2 Å². The van der Waals surface area contributed by atoms with E-state index in [-0.39, 0.29) is 18.7 Å². The van der Waals surface area contributed by atoms with E-state index in [1.807, 2.05) is 6.07 Å². The maximum Gasteiger partial charge on any atom is 0.236 e. The molecule has 76 valence electrons. The lowest BCUT2D eigenvalue weighted by Gasteiger charge is -2.19. The lowest BCUT2D eigenvalue weighted by Crippen LogP contribution is -2.34. The van der Waals surface area contributed by atoms with Gasteiger partial charge in [-0.1, -0.05) is 0 Å². The summed E-state index contributed by atoms with van der Waals surface area (Å²) >= 11 is 0. The largest absolute Gasteiger partial charge is 0.383 e. The fraction of sp³-hybridized carbons (Fsp3) is 0.667. The van der Waals surface area contributed by atoms with Crippen LogP contribution < -0.4 is 0 Å². The van der Waals surface area contributed by atoms with E-state index in [0.717, 1.165) is 0 Å². The van der Waals surface area contributed by atoms with Crippen molar-refractivity contribution in [1.82, 2.24) is 4.90 Å². The summed E-state index contributed by atoms with van der Waals surface area (Å²) in [5.41, 5.74) is 0. The van der Waals surface area contributed by atoms with Gasteiger partial charge in [0.25, 0.3) is 0 Å². The topological polar surface area (TPSA) is 77.1 Å². The number of hydrogen-bond donors (Lipinski definition) is 0. The molecule has 0 aromatic rings. The molecule has 0 aromatic carbocycles. The lowest BCUT2D eigenvalue weighted by atomic mass is 10.3. The minimum atomic E-state index is -0.250. The Balaban J connectivity index is 4.03. The molecule has 0 aliphatic rings. The molecule has 0 N–H and O–H groups in total. The molecule has 0 aromatic heterocycles. The first-order valence-corrected chi connectivity index (χ1v) is 4.26. The van der Waals surface area contributed by atoms with Crippen molar-refractivity contribution in [3.8, 4) is 12.1 Å². The normalized spacial score (nSPS) is 8.79. The molecule has 5 heteroatoms. The Morgan fingerprint density at radius 2 is 2.07 bits per heavy atom. The second kappa shape index (κ2) is 8.03. The predicted octanol–water partition coefficient (Wildman–Crippen LogP) is 0.289. The van der Waals surface area contributed by atoms with Gasteiger partial charge in [-0.15, -0.1) is 0 Å². The summed E-state index contributed by atoms with van der Waals surface area (Å²) < 4.78 is 4.82. The minimum Gasteiger partial charge on any atom is -0.383 e. The summed E-state index contributed by atoms with van der Waals surface area (Å²) in [6.45, 7) is 1.21. The third-order valence-corrected chi connectivity index (χ3v) is 1.64. The molecule has 0 aliphatic carbocycles. The molecule has 0 unspecified atom stereocenters. The smallest absolute Gasteiger partial charge is 0.236 e. The van der Waals surface area contributed by atoms with Gasteiger partial charge in [-0.3, -0.25) is 4.79 Å². The van der Waals surface area contributed by atoms with Crippen LogP contribution in [0.25, 0.3) is 0 Å². The zero-order valence-electron chi connectivity index (χ0n) is 8.19. The van der Waals surface area contributed by atoms with Crippen LogP contribution in [0.5, 0.6) is 0 Å². The molecule has 0 fully saturated rings. The molecule has 0 heterocycles. The molecule has 0 bridgehead atoms. The summed E-state index contributed by atoms with van der Waals surface area (Å²) in [7, 11) is 1.54. The second-order valence-corrected chi connectivity index (χ2v) is 2.62. The monoisotopic (exact) mass is 195 g/mol. The zero-order valence-corrected chi connectivity index (χ0v) is 8.19. The van der Waals surface area contributed by atoms with Crippen molar-refractivity contribution in [2.24, 2.45) is 0 Å². The van der Waals surface area contributed by atoms with E-state index in [0.29, 0.717) is 19.7 Å². The zero-order chi connectivity index (χ0) is 10.8. The maximum atomic E-state index is 11.3. The Morgan fingerprint density at radius 1 is 1.36 bits per heavy atom. The Hall–Kier alpha value is -1.59. The van der Waals surface area contributed by atoms with Gasteiger partial charge in [0.15, 0.2) is 0 Å². The van der Waals surface area contributed by atoms with E-state index in [9.17, 15) is 4.79 Å². The van der Waals surface area contributed by atoms with Crippen LogP contribution in [0, 0.1) is 22.7 Å². The SMILES string of the molecule is COCCN(CCC#N)C(=O)CC#N. The molecule has 0 radical (unpaired) electrons. The molecule has 0 saturated carbocycles. The molecule has 0 aliphatic heterocycles. The van der Waals surface area contributed by atoms with E-state index >= 15 is 0 Å². The fourth-order valence-corrected chi connectivity index (χ4v) is 0.927. The Morgan fingerprint density at radius 3 is 2.57 bits per heavy atom. The third kappa shape index (κ3) is 5.13.